The van der Waals surface area contributed by atoms with Gasteiger partial charge in [0.05, 0.1) is 6.61 Å². The molecule has 0 radical (unpaired) electrons. The van der Waals surface area contributed by atoms with E-state index in [1.54, 1.807) is 6.92 Å². The maximum atomic E-state index is 11.4. The molecule has 0 spiro atoms. The van der Waals surface area contributed by atoms with Gasteiger partial charge in [-0.1, -0.05) is 12.1 Å². The molecule has 0 saturated carbocycles. The largest absolute Gasteiger partial charge is 0.465 e. The van der Waals surface area contributed by atoms with E-state index in [-0.39, 0.29) is 12.0 Å². The Hall–Kier alpha value is -1.43. The highest BCUT2D eigenvalue weighted by molar-refractivity contribution is 5.75. The fourth-order valence-electron chi connectivity index (χ4n) is 1.30. The maximum Gasteiger partial charge on any atom is 0.323 e. The summed E-state index contributed by atoms with van der Waals surface area (Å²) in [5.41, 5.74) is 0. The van der Waals surface area contributed by atoms with E-state index < -0.39 is 0 Å². The van der Waals surface area contributed by atoms with Gasteiger partial charge in [0.15, 0.2) is 5.82 Å². The molecule has 0 aliphatic rings. The molecule has 1 aromatic heterocycles. The molecular formula is C10H17N3O3. The minimum Gasteiger partial charge on any atom is -0.465 e. The Morgan fingerprint density at radius 3 is 3.00 bits per heavy atom. The van der Waals surface area contributed by atoms with Gasteiger partial charge < -0.3 is 14.6 Å². The number of esters is 1. The Morgan fingerprint density at radius 2 is 2.44 bits per heavy atom. The highest BCUT2D eigenvalue weighted by Gasteiger charge is 2.16. The van der Waals surface area contributed by atoms with Gasteiger partial charge in [0.1, 0.15) is 6.04 Å². The SMILES string of the molecule is CCOC(=O)C(CC)NCCc1ncon1. The molecule has 1 atom stereocenters. The van der Waals surface area contributed by atoms with E-state index in [1.807, 2.05) is 6.92 Å². The number of hydrogen-bond acceptors (Lipinski definition) is 6. The van der Waals surface area contributed by atoms with E-state index in [0.717, 1.165) is 0 Å². The molecule has 0 bridgehead atoms. The lowest BCUT2D eigenvalue weighted by Crippen LogP contribution is -2.38. The molecule has 0 amide bonds. The van der Waals surface area contributed by atoms with E-state index in [0.29, 0.717) is 31.8 Å². The number of nitrogens with one attached hydrogen (secondary N) is 1. The van der Waals surface area contributed by atoms with Crippen molar-refractivity contribution in [3.05, 3.63) is 12.2 Å². The number of carbonyl (C=O) groups is 1. The maximum absolute atomic E-state index is 11.4. The predicted molar refractivity (Wildman–Crippen MR) is 56.7 cm³/mol. The highest BCUT2D eigenvalue weighted by Crippen LogP contribution is 1.96. The van der Waals surface area contributed by atoms with E-state index in [4.69, 9.17) is 4.74 Å². The second kappa shape index (κ2) is 6.95. The quantitative estimate of drug-likeness (QED) is 0.685. The fourth-order valence-corrected chi connectivity index (χ4v) is 1.30. The number of carbonyl (C=O) groups excluding carboxylic acids is 1. The summed E-state index contributed by atoms with van der Waals surface area (Å²) in [6.45, 7) is 4.76. The van der Waals surface area contributed by atoms with Gasteiger partial charge in [0.25, 0.3) is 0 Å². The second-order valence-electron chi connectivity index (χ2n) is 3.26. The lowest BCUT2D eigenvalue weighted by Gasteiger charge is -2.14. The number of hydrogen-bond donors (Lipinski definition) is 1. The van der Waals surface area contributed by atoms with Crippen LogP contribution in [0.25, 0.3) is 0 Å². The first-order valence-corrected chi connectivity index (χ1v) is 5.43. The first-order chi connectivity index (χ1) is 7.77. The first kappa shape index (κ1) is 12.6. The van der Waals surface area contributed by atoms with E-state index >= 15 is 0 Å². The zero-order chi connectivity index (χ0) is 11.8. The van der Waals surface area contributed by atoms with Crippen LogP contribution in [0.5, 0.6) is 0 Å². The fraction of sp³-hybridized carbons (Fsp3) is 0.700. The Bertz CT molecular complexity index is 300. The van der Waals surface area contributed by atoms with Crippen molar-refractivity contribution in [3.63, 3.8) is 0 Å². The molecule has 16 heavy (non-hydrogen) atoms. The van der Waals surface area contributed by atoms with Gasteiger partial charge in [-0.15, -0.1) is 0 Å². The normalized spacial score (nSPS) is 12.4. The van der Waals surface area contributed by atoms with Crippen molar-refractivity contribution in [2.75, 3.05) is 13.2 Å². The van der Waals surface area contributed by atoms with Gasteiger partial charge in [-0.2, -0.15) is 4.98 Å². The first-order valence-electron chi connectivity index (χ1n) is 5.43. The molecule has 6 heteroatoms. The molecule has 0 aromatic carbocycles. The minimum absolute atomic E-state index is 0.210. The summed E-state index contributed by atoms with van der Waals surface area (Å²) >= 11 is 0. The molecule has 1 rings (SSSR count). The van der Waals surface area contributed by atoms with Crippen molar-refractivity contribution in [2.45, 2.75) is 32.7 Å². The molecule has 1 unspecified atom stereocenters. The number of ether oxygens (including phenoxy) is 1. The highest BCUT2D eigenvalue weighted by atomic mass is 16.5. The van der Waals surface area contributed by atoms with Crippen LogP contribution in [0.15, 0.2) is 10.9 Å². The molecule has 0 fully saturated rings. The third-order valence-corrected chi connectivity index (χ3v) is 2.13. The Kier molecular flexibility index (Phi) is 5.49. The number of aromatic nitrogens is 2. The molecule has 0 saturated heterocycles. The average molecular weight is 227 g/mol. The number of rotatable bonds is 7. The number of nitrogens with zero attached hydrogens (tertiary/aromatic N) is 2. The zero-order valence-electron chi connectivity index (χ0n) is 9.60. The van der Waals surface area contributed by atoms with Gasteiger partial charge >= 0.3 is 5.97 Å². The van der Waals surface area contributed by atoms with Gasteiger partial charge in [0, 0.05) is 13.0 Å². The van der Waals surface area contributed by atoms with Gasteiger partial charge in [-0.25, -0.2) is 0 Å². The van der Waals surface area contributed by atoms with Crippen LogP contribution in [0.2, 0.25) is 0 Å². The average Bonchev–Trinajstić information content (AvgIpc) is 2.77. The summed E-state index contributed by atoms with van der Waals surface area (Å²) in [4.78, 5) is 15.3. The standard InChI is InChI=1S/C10H17N3O3/c1-3-8(10(14)15-4-2)11-6-5-9-12-7-16-13-9/h7-8,11H,3-6H2,1-2H3. The van der Waals surface area contributed by atoms with Crippen molar-refractivity contribution in [2.24, 2.45) is 0 Å². The van der Waals surface area contributed by atoms with Crippen LogP contribution in [0.3, 0.4) is 0 Å². The molecule has 0 aliphatic heterocycles. The van der Waals surface area contributed by atoms with Crippen LogP contribution in [-0.2, 0) is 16.0 Å². The van der Waals surface area contributed by atoms with Gasteiger partial charge in [0.2, 0.25) is 6.39 Å². The van der Waals surface area contributed by atoms with Crippen LogP contribution in [0, 0.1) is 0 Å². The third-order valence-electron chi connectivity index (χ3n) is 2.13. The van der Waals surface area contributed by atoms with Crippen molar-refractivity contribution < 1.29 is 14.1 Å². The van der Waals surface area contributed by atoms with Crippen LogP contribution in [0.4, 0.5) is 0 Å². The van der Waals surface area contributed by atoms with Crippen LogP contribution in [0.1, 0.15) is 26.1 Å². The molecular weight excluding hydrogens is 210 g/mol. The lowest BCUT2D eigenvalue weighted by atomic mass is 10.2. The molecule has 0 aliphatic carbocycles. The minimum atomic E-state index is -0.258. The summed E-state index contributed by atoms with van der Waals surface area (Å²) in [6, 6.07) is -0.258. The summed E-state index contributed by atoms with van der Waals surface area (Å²) in [5, 5.41) is 6.77. The monoisotopic (exact) mass is 227 g/mol. The Balaban J connectivity index is 2.26. The summed E-state index contributed by atoms with van der Waals surface area (Å²) in [7, 11) is 0. The van der Waals surface area contributed by atoms with Crippen molar-refractivity contribution >= 4 is 5.97 Å². The topological polar surface area (TPSA) is 77.2 Å². The Morgan fingerprint density at radius 1 is 1.62 bits per heavy atom. The molecule has 6 nitrogen and oxygen atoms in total. The predicted octanol–water partition coefficient (Wildman–Crippen LogP) is 0.543. The Labute approximate surface area is 94.4 Å². The summed E-state index contributed by atoms with van der Waals surface area (Å²) in [6.07, 6.45) is 2.62. The molecule has 1 N–H and O–H groups in total. The summed E-state index contributed by atoms with van der Waals surface area (Å²) < 4.78 is 9.54. The van der Waals surface area contributed by atoms with Gasteiger partial charge in [-0.05, 0) is 13.3 Å². The van der Waals surface area contributed by atoms with E-state index in [2.05, 4.69) is 20.0 Å². The third kappa shape index (κ3) is 3.98. The van der Waals surface area contributed by atoms with Crippen molar-refractivity contribution in [1.29, 1.82) is 0 Å². The van der Waals surface area contributed by atoms with Crippen LogP contribution >= 0.6 is 0 Å². The van der Waals surface area contributed by atoms with E-state index in [1.165, 1.54) is 6.39 Å². The van der Waals surface area contributed by atoms with E-state index in [9.17, 15) is 4.79 Å². The van der Waals surface area contributed by atoms with Crippen molar-refractivity contribution in [1.82, 2.24) is 15.5 Å². The second-order valence-corrected chi connectivity index (χ2v) is 3.26. The van der Waals surface area contributed by atoms with Gasteiger partial charge in [-0.3, -0.25) is 4.79 Å². The lowest BCUT2D eigenvalue weighted by molar-refractivity contribution is -0.145. The zero-order valence-corrected chi connectivity index (χ0v) is 9.60. The van der Waals surface area contributed by atoms with Crippen LogP contribution < -0.4 is 5.32 Å². The molecule has 1 heterocycles. The molecule has 90 valence electrons. The van der Waals surface area contributed by atoms with Crippen LogP contribution in [-0.4, -0.2) is 35.3 Å². The molecule has 1 aromatic rings. The summed E-state index contributed by atoms with van der Waals surface area (Å²) in [5.74, 6) is 0.421. The smallest absolute Gasteiger partial charge is 0.323 e. The van der Waals surface area contributed by atoms with Crippen molar-refractivity contribution in [3.8, 4) is 0 Å².